The molecule has 1 aromatic carbocycles. The van der Waals surface area contributed by atoms with Gasteiger partial charge >= 0.3 is 0 Å². The lowest BCUT2D eigenvalue weighted by Crippen LogP contribution is -2.41. The van der Waals surface area contributed by atoms with Crippen LogP contribution in [-0.2, 0) is 24.3 Å². The molecule has 0 spiro atoms. The molecule has 10 heteroatoms. The minimum Gasteiger partial charge on any atom is -0.497 e. The normalized spacial score (nSPS) is 28.0. The summed E-state index contributed by atoms with van der Waals surface area (Å²) in [6, 6.07) is 6.31. The van der Waals surface area contributed by atoms with Gasteiger partial charge in [0.1, 0.15) is 5.75 Å². The Balaban J connectivity index is 1.31. The third-order valence-electron chi connectivity index (χ3n) is 7.23. The molecule has 4 rings (SSSR count). The van der Waals surface area contributed by atoms with E-state index in [2.05, 4.69) is 5.32 Å². The van der Waals surface area contributed by atoms with E-state index in [0.717, 1.165) is 12.3 Å². The number of aliphatic hydroxyl groups excluding tert-OH is 1. The number of nitrogens with one attached hydrogen (secondary N) is 1. The van der Waals surface area contributed by atoms with Crippen LogP contribution in [0.2, 0.25) is 0 Å². The number of nitrogens with zero attached hydrogens (tertiary/aromatic N) is 1. The van der Waals surface area contributed by atoms with Crippen molar-refractivity contribution in [3.63, 3.8) is 0 Å². The molecule has 3 aliphatic rings. The Morgan fingerprint density at radius 3 is 2.57 bits per heavy atom. The van der Waals surface area contributed by atoms with Gasteiger partial charge in [-0.05, 0) is 67.4 Å². The highest BCUT2D eigenvalue weighted by Crippen LogP contribution is 2.44. The fourth-order valence-electron chi connectivity index (χ4n) is 5.40. The summed E-state index contributed by atoms with van der Waals surface area (Å²) < 4.78 is 44.0. The summed E-state index contributed by atoms with van der Waals surface area (Å²) in [5, 5.41) is 12.6. The number of methoxy groups -OCH3 is 1. The molecule has 0 radical (unpaired) electrons. The summed E-state index contributed by atoms with van der Waals surface area (Å²) in [4.78, 5) is 12.9. The molecule has 1 aromatic rings. The van der Waals surface area contributed by atoms with E-state index in [-0.39, 0.29) is 54.8 Å². The second kappa shape index (κ2) is 11.3. The minimum absolute atomic E-state index is 0.0412. The van der Waals surface area contributed by atoms with Gasteiger partial charge in [-0.3, -0.25) is 4.79 Å². The molecule has 3 unspecified atom stereocenters. The summed E-state index contributed by atoms with van der Waals surface area (Å²) in [6.45, 7) is 1.72. The Labute approximate surface area is 207 Å². The van der Waals surface area contributed by atoms with Crippen LogP contribution in [0.25, 0.3) is 0 Å². The second-order valence-corrected chi connectivity index (χ2v) is 11.7. The summed E-state index contributed by atoms with van der Waals surface area (Å²) in [6.07, 6.45) is 6.45. The number of carbonyl (C=O) groups excluding carboxylic acids is 1. The molecule has 2 aliphatic carbocycles. The van der Waals surface area contributed by atoms with Gasteiger partial charge in [0, 0.05) is 25.6 Å². The minimum atomic E-state index is -3.82. The molecule has 194 valence electrons. The number of amides is 1. The van der Waals surface area contributed by atoms with Crippen LogP contribution in [0.5, 0.6) is 5.75 Å². The van der Waals surface area contributed by atoms with Crippen LogP contribution in [-0.4, -0.2) is 69.5 Å². The Bertz CT molecular complexity index is 1010. The predicted octanol–water partition coefficient (Wildman–Crippen LogP) is 2.27. The molecule has 2 N–H and O–H groups in total. The van der Waals surface area contributed by atoms with Gasteiger partial charge in [0.25, 0.3) is 5.91 Å². The van der Waals surface area contributed by atoms with Gasteiger partial charge in [-0.25, -0.2) is 8.42 Å². The Kier molecular flexibility index (Phi) is 8.36. The molecule has 2 saturated carbocycles. The average Bonchev–Trinajstić information content (AvgIpc) is 3.46. The number of aliphatic hydroxyl groups is 1. The molecule has 0 saturated heterocycles. The maximum atomic E-state index is 13.0. The van der Waals surface area contributed by atoms with Crippen molar-refractivity contribution in [2.24, 2.45) is 17.8 Å². The Morgan fingerprint density at radius 2 is 1.94 bits per heavy atom. The van der Waals surface area contributed by atoms with Crippen LogP contribution in [0.3, 0.4) is 0 Å². The molecular formula is C25H36N2O7S. The Hall–Kier alpha value is -2.14. The van der Waals surface area contributed by atoms with Gasteiger partial charge in [0.15, 0.2) is 5.76 Å². The van der Waals surface area contributed by atoms with E-state index in [1.165, 1.54) is 42.8 Å². The molecule has 35 heavy (non-hydrogen) atoms. The van der Waals surface area contributed by atoms with Gasteiger partial charge in [0.05, 0.1) is 25.2 Å². The van der Waals surface area contributed by atoms with Crippen LogP contribution in [0.4, 0.5) is 0 Å². The maximum absolute atomic E-state index is 13.0. The number of sulfonamides is 1. The van der Waals surface area contributed by atoms with Gasteiger partial charge < -0.3 is 24.6 Å². The van der Waals surface area contributed by atoms with Crippen molar-refractivity contribution < 1.29 is 32.5 Å². The van der Waals surface area contributed by atoms with E-state index in [0.29, 0.717) is 18.1 Å². The smallest absolute Gasteiger partial charge is 0.286 e. The first-order valence-corrected chi connectivity index (χ1v) is 13.8. The maximum Gasteiger partial charge on any atom is 0.286 e. The fourth-order valence-corrected chi connectivity index (χ4v) is 6.81. The first kappa shape index (κ1) is 25.9. The lowest BCUT2D eigenvalue weighted by atomic mass is 9.95. The summed E-state index contributed by atoms with van der Waals surface area (Å²) in [5.74, 6) is 2.02. The standard InChI is InChI=1S/C25H36N2O7S/c1-17-13-23(25(29)26-22-16-18-3-4-19(22)15-18)34-24(14-17)33-12-10-27(9-11-28)35(30,31)21-7-5-20(32-2)6-8-21/h5-8,13,17-19,22,24,28H,3-4,9-12,14-16H2,1-2H3,(H,26,29)/t17-,18?,19?,22?,24+/m1/s1. The van der Waals surface area contributed by atoms with E-state index in [1.807, 2.05) is 13.0 Å². The quantitative estimate of drug-likeness (QED) is 0.471. The molecule has 1 amide bonds. The van der Waals surface area contributed by atoms with Crippen LogP contribution in [0, 0.1) is 17.8 Å². The molecule has 2 fully saturated rings. The van der Waals surface area contributed by atoms with Crippen molar-refractivity contribution in [2.45, 2.75) is 56.3 Å². The van der Waals surface area contributed by atoms with Gasteiger partial charge in [-0.2, -0.15) is 4.31 Å². The van der Waals surface area contributed by atoms with Crippen molar-refractivity contribution in [3.8, 4) is 5.75 Å². The van der Waals surface area contributed by atoms with Crippen LogP contribution in [0.15, 0.2) is 41.0 Å². The SMILES string of the molecule is COc1ccc(S(=O)(=O)N(CCO)CCO[C@@H]2C[C@H](C)C=C(C(=O)NC3CC4CCC3C4)O2)cc1. The van der Waals surface area contributed by atoms with Crippen molar-refractivity contribution in [3.05, 3.63) is 36.1 Å². The third-order valence-corrected chi connectivity index (χ3v) is 9.14. The Morgan fingerprint density at radius 1 is 1.17 bits per heavy atom. The highest BCUT2D eigenvalue weighted by atomic mass is 32.2. The molecule has 0 aromatic heterocycles. The number of hydrogen-bond donors (Lipinski definition) is 2. The number of rotatable bonds is 11. The zero-order valence-corrected chi connectivity index (χ0v) is 21.2. The number of carbonyl (C=O) groups is 1. The van der Waals surface area contributed by atoms with Gasteiger partial charge in [0.2, 0.25) is 16.3 Å². The van der Waals surface area contributed by atoms with Crippen LogP contribution in [0.1, 0.15) is 39.0 Å². The van der Waals surface area contributed by atoms with Crippen LogP contribution >= 0.6 is 0 Å². The fraction of sp³-hybridized carbons (Fsp3) is 0.640. The molecule has 2 bridgehead atoms. The molecule has 1 heterocycles. The number of fused-ring (bicyclic) bond motifs is 2. The molecule has 1 aliphatic heterocycles. The summed E-state index contributed by atoms with van der Waals surface area (Å²) in [5.41, 5.74) is 0. The summed E-state index contributed by atoms with van der Waals surface area (Å²) >= 11 is 0. The van der Waals surface area contributed by atoms with Crippen molar-refractivity contribution in [1.82, 2.24) is 9.62 Å². The van der Waals surface area contributed by atoms with E-state index < -0.39 is 16.3 Å². The van der Waals surface area contributed by atoms with Crippen LogP contribution < -0.4 is 10.1 Å². The highest BCUT2D eigenvalue weighted by Gasteiger charge is 2.41. The van der Waals surface area contributed by atoms with E-state index >= 15 is 0 Å². The van der Waals surface area contributed by atoms with E-state index in [9.17, 15) is 18.3 Å². The van der Waals surface area contributed by atoms with Crippen molar-refractivity contribution >= 4 is 15.9 Å². The topological polar surface area (TPSA) is 114 Å². The number of hydrogen-bond acceptors (Lipinski definition) is 7. The lowest BCUT2D eigenvalue weighted by Gasteiger charge is -2.30. The first-order chi connectivity index (χ1) is 16.8. The average molecular weight is 509 g/mol. The van der Waals surface area contributed by atoms with Crippen molar-refractivity contribution in [2.75, 3.05) is 33.4 Å². The molecule has 9 nitrogen and oxygen atoms in total. The van der Waals surface area contributed by atoms with Gasteiger partial charge in [-0.15, -0.1) is 0 Å². The highest BCUT2D eigenvalue weighted by molar-refractivity contribution is 7.89. The predicted molar refractivity (Wildman–Crippen MR) is 129 cm³/mol. The van der Waals surface area contributed by atoms with E-state index in [1.54, 1.807) is 12.1 Å². The second-order valence-electron chi connectivity index (χ2n) is 9.72. The number of benzene rings is 1. The zero-order chi connectivity index (χ0) is 25.0. The first-order valence-electron chi connectivity index (χ1n) is 12.4. The van der Waals surface area contributed by atoms with E-state index in [4.69, 9.17) is 14.2 Å². The summed E-state index contributed by atoms with van der Waals surface area (Å²) in [7, 11) is -2.31. The zero-order valence-electron chi connectivity index (χ0n) is 20.4. The number of ether oxygens (including phenoxy) is 3. The largest absolute Gasteiger partial charge is 0.497 e. The molecule has 5 atom stereocenters. The third kappa shape index (κ3) is 6.17. The number of allylic oxidation sites excluding steroid dienone is 1. The van der Waals surface area contributed by atoms with Crippen molar-refractivity contribution in [1.29, 1.82) is 0 Å². The van der Waals surface area contributed by atoms with Gasteiger partial charge in [-0.1, -0.05) is 13.3 Å². The lowest BCUT2D eigenvalue weighted by molar-refractivity contribution is -0.149. The monoisotopic (exact) mass is 508 g/mol. The molecular weight excluding hydrogens is 472 g/mol.